The second-order valence-corrected chi connectivity index (χ2v) is 6.21. The van der Waals surface area contributed by atoms with E-state index in [-0.39, 0.29) is 11.8 Å². The molecule has 0 aliphatic carbocycles. The van der Waals surface area contributed by atoms with Crippen molar-refractivity contribution in [1.82, 2.24) is 25.4 Å². The van der Waals surface area contributed by atoms with Gasteiger partial charge in [-0.15, -0.1) is 5.10 Å². The minimum atomic E-state index is -0.0191. The number of nitrogens with one attached hydrogen (secondary N) is 2. The van der Waals surface area contributed by atoms with E-state index < -0.39 is 0 Å². The summed E-state index contributed by atoms with van der Waals surface area (Å²) in [6, 6.07) is 0.323. The molecule has 0 bridgehead atoms. The van der Waals surface area contributed by atoms with Crippen molar-refractivity contribution in [3.05, 3.63) is 11.6 Å². The summed E-state index contributed by atoms with van der Waals surface area (Å²) in [5.74, 6) is 2.52. The van der Waals surface area contributed by atoms with Crippen LogP contribution in [0.1, 0.15) is 49.6 Å². The van der Waals surface area contributed by atoms with Gasteiger partial charge in [0.15, 0.2) is 0 Å². The molecule has 20 heavy (non-hydrogen) atoms. The van der Waals surface area contributed by atoms with Crippen LogP contribution in [-0.2, 0) is 0 Å². The molecule has 1 amide bonds. The van der Waals surface area contributed by atoms with E-state index in [0.717, 1.165) is 31.9 Å². The van der Waals surface area contributed by atoms with Gasteiger partial charge in [0.1, 0.15) is 5.82 Å². The van der Waals surface area contributed by atoms with Crippen LogP contribution in [0.2, 0.25) is 0 Å². The van der Waals surface area contributed by atoms with Crippen LogP contribution < -0.4 is 5.32 Å². The van der Waals surface area contributed by atoms with Crippen LogP contribution in [0.15, 0.2) is 0 Å². The van der Waals surface area contributed by atoms with Gasteiger partial charge >= 0.3 is 0 Å². The molecule has 110 valence electrons. The van der Waals surface area contributed by atoms with E-state index in [0.29, 0.717) is 23.7 Å². The molecule has 1 aromatic heterocycles. The Hall–Kier alpha value is -1.43. The molecule has 2 aliphatic rings. The number of carbonyl (C=O) groups excluding carboxylic acids is 1. The number of likely N-dealkylation sites (tertiary alicyclic amines) is 1. The molecule has 0 spiro atoms. The zero-order valence-electron chi connectivity index (χ0n) is 12.4. The van der Waals surface area contributed by atoms with Crippen molar-refractivity contribution in [2.24, 2.45) is 11.8 Å². The Morgan fingerprint density at radius 3 is 2.90 bits per heavy atom. The second-order valence-electron chi connectivity index (χ2n) is 6.21. The van der Waals surface area contributed by atoms with E-state index in [2.05, 4.69) is 27.4 Å². The average Bonchev–Trinajstić information content (AvgIpc) is 3.12. The van der Waals surface area contributed by atoms with Crippen LogP contribution in [0, 0.1) is 11.8 Å². The van der Waals surface area contributed by atoms with Crippen LogP contribution in [-0.4, -0.2) is 51.7 Å². The van der Waals surface area contributed by atoms with Gasteiger partial charge in [-0.1, -0.05) is 20.8 Å². The summed E-state index contributed by atoms with van der Waals surface area (Å²) in [4.78, 5) is 19.0. The van der Waals surface area contributed by atoms with Gasteiger partial charge in [-0.05, 0) is 18.3 Å². The number of hydrogen-bond donors (Lipinski definition) is 2. The summed E-state index contributed by atoms with van der Waals surface area (Å²) in [7, 11) is 0. The molecule has 3 unspecified atom stereocenters. The number of fused-ring (bicyclic) bond motifs is 1. The maximum atomic E-state index is 12.6. The van der Waals surface area contributed by atoms with Crippen LogP contribution in [0.4, 0.5) is 0 Å². The fraction of sp³-hybridized carbons (Fsp3) is 0.786. The highest BCUT2D eigenvalue weighted by Crippen LogP contribution is 2.34. The molecule has 3 rings (SSSR count). The first-order valence-corrected chi connectivity index (χ1v) is 7.55. The first kappa shape index (κ1) is 13.5. The lowest BCUT2D eigenvalue weighted by atomic mass is 9.93. The Kier molecular flexibility index (Phi) is 3.50. The van der Waals surface area contributed by atoms with Crippen LogP contribution in [0.25, 0.3) is 0 Å². The molecule has 0 radical (unpaired) electrons. The van der Waals surface area contributed by atoms with E-state index >= 15 is 0 Å². The first-order chi connectivity index (χ1) is 9.61. The molecule has 2 saturated heterocycles. The lowest BCUT2D eigenvalue weighted by molar-refractivity contribution is 0.0699. The summed E-state index contributed by atoms with van der Waals surface area (Å²) < 4.78 is 0. The first-order valence-electron chi connectivity index (χ1n) is 7.55. The lowest BCUT2D eigenvalue weighted by Gasteiger charge is -2.25. The number of rotatable bonds is 3. The van der Waals surface area contributed by atoms with Crippen molar-refractivity contribution in [3.8, 4) is 0 Å². The molecule has 3 heterocycles. The highest BCUT2D eigenvalue weighted by atomic mass is 16.2. The fourth-order valence-electron chi connectivity index (χ4n) is 3.54. The Morgan fingerprint density at radius 1 is 1.45 bits per heavy atom. The monoisotopic (exact) mass is 277 g/mol. The third-order valence-corrected chi connectivity index (χ3v) is 4.64. The minimum Gasteiger partial charge on any atom is -0.332 e. The number of amides is 1. The second kappa shape index (κ2) is 5.16. The lowest BCUT2D eigenvalue weighted by Crippen LogP contribution is -2.40. The van der Waals surface area contributed by atoms with Gasteiger partial charge in [0.25, 0.3) is 5.91 Å². The number of hydrogen-bond acceptors (Lipinski definition) is 4. The molecule has 2 fully saturated rings. The summed E-state index contributed by atoms with van der Waals surface area (Å²) in [5, 5.41) is 10.4. The number of aromatic amines is 1. The summed E-state index contributed by atoms with van der Waals surface area (Å²) in [6.07, 6.45) is 0.996. The van der Waals surface area contributed by atoms with Crippen molar-refractivity contribution >= 4 is 5.91 Å². The maximum Gasteiger partial charge on any atom is 0.293 e. The maximum absolute atomic E-state index is 12.6. The van der Waals surface area contributed by atoms with Gasteiger partial charge in [0, 0.05) is 31.6 Å². The average molecular weight is 277 g/mol. The predicted molar refractivity (Wildman–Crippen MR) is 75.4 cm³/mol. The Bertz CT molecular complexity index is 498. The highest BCUT2D eigenvalue weighted by Gasteiger charge is 2.45. The smallest absolute Gasteiger partial charge is 0.293 e. The van der Waals surface area contributed by atoms with Crippen molar-refractivity contribution in [2.45, 2.75) is 39.2 Å². The molecule has 1 aromatic rings. The van der Waals surface area contributed by atoms with Crippen molar-refractivity contribution in [2.75, 3.05) is 19.6 Å². The quantitative estimate of drug-likeness (QED) is 0.864. The number of nitrogens with zero attached hydrogens (tertiary/aromatic N) is 3. The standard InChI is InChI=1S/C14H23N5O/c1-4-11-10-6-15-5-9(10)7-19(11)14(20)13-16-12(8(2)3)17-18-13/h8-11,15H,4-7H2,1-3H3,(H,16,17,18). The van der Waals surface area contributed by atoms with Gasteiger partial charge in [0.05, 0.1) is 0 Å². The number of carbonyl (C=O) groups is 1. The molecule has 6 heteroatoms. The SMILES string of the molecule is CCC1C2CNCC2CN1C(=O)c1n[nH]c(C(C)C)n1. The van der Waals surface area contributed by atoms with E-state index in [1.54, 1.807) is 0 Å². The van der Waals surface area contributed by atoms with Gasteiger partial charge < -0.3 is 10.2 Å². The van der Waals surface area contributed by atoms with E-state index in [1.165, 1.54) is 0 Å². The Labute approximate surface area is 119 Å². The molecular weight excluding hydrogens is 254 g/mol. The molecule has 2 aliphatic heterocycles. The fourth-order valence-corrected chi connectivity index (χ4v) is 3.54. The normalized spacial score (nSPS) is 29.2. The number of aromatic nitrogens is 3. The Balaban J connectivity index is 1.79. The summed E-state index contributed by atoms with van der Waals surface area (Å²) in [6.45, 7) is 9.11. The van der Waals surface area contributed by atoms with Crippen molar-refractivity contribution in [3.63, 3.8) is 0 Å². The Morgan fingerprint density at radius 2 is 2.25 bits per heavy atom. The number of H-pyrrole nitrogens is 1. The van der Waals surface area contributed by atoms with Gasteiger partial charge in [-0.25, -0.2) is 4.98 Å². The van der Waals surface area contributed by atoms with Crippen LogP contribution in [0.5, 0.6) is 0 Å². The van der Waals surface area contributed by atoms with Gasteiger partial charge in [-0.2, -0.15) is 0 Å². The summed E-state index contributed by atoms with van der Waals surface area (Å²) in [5.41, 5.74) is 0. The zero-order chi connectivity index (χ0) is 14.3. The van der Waals surface area contributed by atoms with E-state index in [9.17, 15) is 4.79 Å². The highest BCUT2D eigenvalue weighted by molar-refractivity contribution is 5.91. The van der Waals surface area contributed by atoms with Crippen molar-refractivity contribution in [1.29, 1.82) is 0 Å². The zero-order valence-corrected chi connectivity index (χ0v) is 12.4. The van der Waals surface area contributed by atoms with E-state index in [1.807, 2.05) is 18.7 Å². The third-order valence-electron chi connectivity index (χ3n) is 4.64. The molecule has 6 nitrogen and oxygen atoms in total. The minimum absolute atomic E-state index is 0.0191. The van der Waals surface area contributed by atoms with E-state index in [4.69, 9.17) is 0 Å². The molecule has 0 saturated carbocycles. The predicted octanol–water partition coefficient (Wildman–Crippen LogP) is 0.998. The molecular formula is C14H23N5O. The largest absolute Gasteiger partial charge is 0.332 e. The molecule has 3 atom stereocenters. The summed E-state index contributed by atoms with van der Waals surface area (Å²) >= 11 is 0. The van der Waals surface area contributed by atoms with Gasteiger partial charge in [-0.3, -0.25) is 9.89 Å². The van der Waals surface area contributed by atoms with Gasteiger partial charge in [0.2, 0.25) is 5.82 Å². The van der Waals surface area contributed by atoms with Crippen LogP contribution in [0.3, 0.4) is 0 Å². The molecule has 2 N–H and O–H groups in total. The topological polar surface area (TPSA) is 73.9 Å². The van der Waals surface area contributed by atoms with Crippen LogP contribution >= 0.6 is 0 Å². The third kappa shape index (κ3) is 2.12. The van der Waals surface area contributed by atoms with Crippen molar-refractivity contribution < 1.29 is 4.79 Å². The molecule has 0 aromatic carbocycles.